The molecule has 0 fully saturated rings. The minimum absolute atomic E-state index is 0.0544. The highest BCUT2D eigenvalue weighted by atomic mass is 16.5. The number of benzene rings is 5. The Balaban J connectivity index is 1.62. The fourth-order valence-electron chi connectivity index (χ4n) is 4.50. The summed E-state index contributed by atoms with van der Waals surface area (Å²) in [5, 5.41) is 8.71. The topological polar surface area (TPSA) is 21.3 Å². The molecule has 0 amide bonds. The van der Waals surface area contributed by atoms with E-state index in [1.165, 1.54) is 32.5 Å². The van der Waals surface area contributed by atoms with E-state index < -0.39 is 0 Å². The van der Waals surface area contributed by atoms with Gasteiger partial charge in [0.2, 0.25) is 0 Å². The summed E-state index contributed by atoms with van der Waals surface area (Å²) in [6.45, 7) is 6.99. The van der Waals surface area contributed by atoms with Gasteiger partial charge in [0, 0.05) is 5.70 Å². The van der Waals surface area contributed by atoms with Gasteiger partial charge >= 0.3 is 6.85 Å². The van der Waals surface area contributed by atoms with Crippen LogP contribution in [0.4, 0.5) is 0 Å². The molecule has 33 heavy (non-hydrogen) atoms. The maximum atomic E-state index is 5.61. The van der Waals surface area contributed by atoms with Gasteiger partial charge in [-0.1, -0.05) is 91.5 Å². The maximum absolute atomic E-state index is 5.61. The molecular weight excluding hydrogens is 401 g/mol. The molecule has 1 N–H and O–H groups in total. The second-order valence-electron chi connectivity index (χ2n) is 8.15. The van der Waals surface area contributed by atoms with Gasteiger partial charge in [-0.05, 0) is 69.2 Å². The van der Waals surface area contributed by atoms with Crippen molar-refractivity contribution in [2.75, 3.05) is 6.61 Å². The van der Waals surface area contributed by atoms with Gasteiger partial charge in [0.05, 0.1) is 6.61 Å². The van der Waals surface area contributed by atoms with E-state index in [1.54, 1.807) is 0 Å². The average molecular weight is 427 g/mol. The molecule has 160 valence electrons. The first-order valence-electron chi connectivity index (χ1n) is 11.4. The van der Waals surface area contributed by atoms with Gasteiger partial charge in [-0.25, -0.2) is 0 Å². The minimum Gasteiger partial charge on any atom is -0.494 e. The minimum atomic E-state index is -0.0544. The quantitative estimate of drug-likeness (QED) is 0.334. The molecular formula is C30H26BNO. The molecule has 0 atom stereocenters. The van der Waals surface area contributed by atoms with Crippen LogP contribution in [-0.2, 0) is 0 Å². The number of rotatable bonds is 7. The van der Waals surface area contributed by atoms with Crippen LogP contribution in [0.3, 0.4) is 0 Å². The standard InChI is InChI=1S/C30H26BNO/c1-3-33-26-20-18-23(19-21-26)22(2)32-31(29-16-8-12-24-10-4-6-14-27(24)29)30-17-9-13-25-11-5-7-15-28(25)30/h4-21,32H,2-3H2,1H3. The Morgan fingerprint density at radius 3 is 1.76 bits per heavy atom. The Bertz CT molecular complexity index is 1330. The molecule has 0 unspecified atom stereocenters. The lowest BCUT2D eigenvalue weighted by atomic mass is 9.49. The summed E-state index contributed by atoms with van der Waals surface area (Å²) in [7, 11) is 0. The molecule has 5 aromatic rings. The van der Waals surface area contributed by atoms with Gasteiger partial charge in [0.1, 0.15) is 5.75 Å². The van der Waals surface area contributed by atoms with Crippen LogP contribution in [0.15, 0.2) is 116 Å². The highest BCUT2D eigenvalue weighted by Gasteiger charge is 2.25. The molecule has 0 aliphatic heterocycles. The second kappa shape index (κ2) is 9.26. The van der Waals surface area contributed by atoms with Gasteiger partial charge in [-0.2, -0.15) is 0 Å². The third-order valence-electron chi connectivity index (χ3n) is 6.10. The normalized spacial score (nSPS) is 10.8. The van der Waals surface area contributed by atoms with Crippen LogP contribution < -0.4 is 20.9 Å². The van der Waals surface area contributed by atoms with Crippen molar-refractivity contribution in [3.8, 4) is 5.75 Å². The molecule has 5 aromatic carbocycles. The van der Waals surface area contributed by atoms with E-state index >= 15 is 0 Å². The zero-order valence-electron chi connectivity index (χ0n) is 18.8. The number of ether oxygens (including phenoxy) is 1. The zero-order valence-corrected chi connectivity index (χ0v) is 18.8. The van der Waals surface area contributed by atoms with E-state index in [4.69, 9.17) is 4.74 Å². The summed E-state index contributed by atoms with van der Waals surface area (Å²) < 4.78 is 5.61. The Hall–Kier alpha value is -3.98. The predicted molar refractivity (Wildman–Crippen MR) is 143 cm³/mol. The van der Waals surface area contributed by atoms with Crippen LogP contribution in [-0.4, -0.2) is 13.5 Å². The molecule has 0 saturated heterocycles. The van der Waals surface area contributed by atoms with Gasteiger partial charge in [0.25, 0.3) is 0 Å². The molecule has 0 saturated carbocycles. The summed E-state index contributed by atoms with van der Waals surface area (Å²) in [6.07, 6.45) is 0. The molecule has 5 rings (SSSR count). The first-order chi connectivity index (χ1) is 16.2. The molecule has 0 bridgehead atoms. The summed E-state index contributed by atoms with van der Waals surface area (Å²) in [5.41, 5.74) is 4.39. The van der Waals surface area contributed by atoms with Crippen LogP contribution in [0.5, 0.6) is 5.75 Å². The Labute approximate surface area is 195 Å². The summed E-state index contributed by atoms with van der Waals surface area (Å²) in [6, 6.07) is 38.3. The molecule has 0 heterocycles. The predicted octanol–water partition coefficient (Wildman–Crippen LogP) is 5.76. The zero-order chi connectivity index (χ0) is 22.6. The molecule has 0 radical (unpaired) electrons. The van der Waals surface area contributed by atoms with E-state index in [0.29, 0.717) is 6.61 Å². The van der Waals surface area contributed by atoms with Crippen molar-refractivity contribution in [3.63, 3.8) is 0 Å². The van der Waals surface area contributed by atoms with E-state index in [0.717, 1.165) is 17.0 Å². The lowest BCUT2D eigenvalue weighted by Gasteiger charge is -2.22. The number of hydrogen-bond donors (Lipinski definition) is 1. The van der Waals surface area contributed by atoms with E-state index in [-0.39, 0.29) is 6.85 Å². The van der Waals surface area contributed by atoms with Crippen LogP contribution >= 0.6 is 0 Å². The smallest absolute Gasteiger partial charge is 0.322 e. The lowest BCUT2D eigenvalue weighted by molar-refractivity contribution is 0.340. The molecule has 0 aromatic heterocycles. The van der Waals surface area contributed by atoms with Crippen LogP contribution in [0.2, 0.25) is 0 Å². The molecule has 2 nitrogen and oxygen atoms in total. The highest BCUT2D eigenvalue weighted by molar-refractivity contribution is 6.87. The van der Waals surface area contributed by atoms with Crippen molar-refractivity contribution in [1.82, 2.24) is 5.23 Å². The molecule has 0 aliphatic carbocycles. The molecule has 0 spiro atoms. The van der Waals surface area contributed by atoms with E-state index in [9.17, 15) is 0 Å². The fourth-order valence-corrected chi connectivity index (χ4v) is 4.50. The summed E-state index contributed by atoms with van der Waals surface area (Å²) >= 11 is 0. The lowest BCUT2D eigenvalue weighted by Crippen LogP contribution is -2.53. The number of nitrogens with one attached hydrogen (secondary N) is 1. The van der Waals surface area contributed by atoms with E-state index in [2.05, 4.69) is 109 Å². The SMILES string of the molecule is C=C(NB(c1cccc2ccccc12)c1cccc2ccccc12)c1ccc(OCC)cc1. The first-order valence-corrected chi connectivity index (χ1v) is 11.4. The third-order valence-corrected chi connectivity index (χ3v) is 6.10. The van der Waals surface area contributed by atoms with Crippen LogP contribution in [0.25, 0.3) is 27.2 Å². The summed E-state index contributed by atoms with van der Waals surface area (Å²) in [4.78, 5) is 0. The molecule has 3 heteroatoms. The maximum Gasteiger partial charge on any atom is 0.322 e. The Kier molecular flexibility index (Phi) is 5.86. The van der Waals surface area contributed by atoms with Gasteiger partial charge in [0.15, 0.2) is 0 Å². The van der Waals surface area contributed by atoms with Crippen molar-refractivity contribution >= 4 is 45.0 Å². The van der Waals surface area contributed by atoms with Crippen molar-refractivity contribution < 1.29 is 4.74 Å². The molecule has 0 aliphatic rings. The fraction of sp³-hybridized carbons (Fsp3) is 0.0667. The monoisotopic (exact) mass is 427 g/mol. The van der Waals surface area contributed by atoms with Crippen molar-refractivity contribution in [2.45, 2.75) is 6.92 Å². The van der Waals surface area contributed by atoms with Gasteiger partial charge in [-0.3, -0.25) is 0 Å². The highest BCUT2D eigenvalue weighted by Crippen LogP contribution is 2.19. The third kappa shape index (κ3) is 4.23. The average Bonchev–Trinajstić information content (AvgIpc) is 2.87. The Morgan fingerprint density at radius 1 is 0.697 bits per heavy atom. The van der Waals surface area contributed by atoms with Crippen molar-refractivity contribution in [1.29, 1.82) is 0 Å². The largest absolute Gasteiger partial charge is 0.494 e. The Morgan fingerprint density at radius 2 is 1.21 bits per heavy atom. The summed E-state index contributed by atoms with van der Waals surface area (Å²) in [5.74, 6) is 0.869. The second-order valence-corrected chi connectivity index (χ2v) is 8.15. The van der Waals surface area contributed by atoms with Crippen molar-refractivity contribution in [2.24, 2.45) is 0 Å². The van der Waals surface area contributed by atoms with Crippen LogP contribution in [0, 0.1) is 0 Å². The van der Waals surface area contributed by atoms with E-state index in [1.807, 2.05) is 19.1 Å². The first kappa shape index (κ1) is 20.9. The number of hydrogen-bond acceptors (Lipinski definition) is 2. The number of fused-ring (bicyclic) bond motifs is 2. The van der Waals surface area contributed by atoms with Crippen molar-refractivity contribution in [3.05, 3.63) is 121 Å². The van der Waals surface area contributed by atoms with Crippen LogP contribution in [0.1, 0.15) is 12.5 Å². The van der Waals surface area contributed by atoms with Gasteiger partial charge < -0.3 is 9.96 Å². The van der Waals surface area contributed by atoms with Gasteiger partial charge in [-0.15, -0.1) is 0 Å².